The van der Waals surface area contributed by atoms with Crippen molar-refractivity contribution in [2.45, 2.75) is 26.9 Å². The van der Waals surface area contributed by atoms with Gasteiger partial charge in [-0.1, -0.05) is 48.0 Å². The zero-order valence-electron chi connectivity index (χ0n) is 18.5. The summed E-state index contributed by atoms with van der Waals surface area (Å²) in [4.78, 5) is 26.6. The summed E-state index contributed by atoms with van der Waals surface area (Å²) in [5.74, 6) is 0.308. The van der Waals surface area contributed by atoms with Gasteiger partial charge in [0.1, 0.15) is 12.2 Å². The van der Waals surface area contributed by atoms with Crippen LogP contribution in [0, 0.1) is 20.8 Å². The van der Waals surface area contributed by atoms with Crippen LogP contribution in [-0.4, -0.2) is 18.7 Å². The molecule has 6 heteroatoms. The van der Waals surface area contributed by atoms with Crippen LogP contribution in [0.4, 0.5) is 0 Å². The molecule has 0 N–H and O–H groups in total. The van der Waals surface area contributed by atoms with Gasteiger partial charge in [0.25, 0.3) is 0 Å². The molecule has 1 aliphatic heterocycles. The van der Waals surface area contributed by atoms with Crippen LogP contribution in [0.3, 0.4) is 0 Å². The number of rotatable bonds is 3. The maximum absolute atomic E-state index is 13.5. The Balaban J connectivity index is 1.59. The van der Waals surface area contributed by atoms with Crippen LogP contribution >= 0.6 is 0 Å². The van der Waals surface area contributed by atoms with E-state index in [9.17, 15) is 9.59 Å². The standard InChI is InChI=1S/C27H22O6/c1-15-8-10-18(11-9-15)25-26(24(28)23-17(3)12-16(2)13-21(23)32-25)33-27(29)22-14-30-19-6-4-5-7-20(19)31-22/h4-13,22H,14H2,1-3H3. The number of esters is 1. The highest BCUT2D eigenvalue weighted by atomic mass is 16.6. The van der Waals surface area contributed by atoms with E-state index in [1.54, 1.807) is 18.2 Å². The highest BCUT2D eigenvalue weighted by Crippen LogP contribution is 2.34. The Labute approximate surface area is 190 Å². The van der Waals surface area contributed by atoms with Crippen molar-refractivity contribution in [1.29, 1.82) is 0 Å². The number of hydrogen-bond acceptors (Lipinski definition) is 6. The molecule has 3 aromatic carbocycles. The van der Waals surface area contributed by atoms with Crippen LogP contribution < -0.4 is 19.6 Å². The van der Waals surface area contributed by atoms with Crippen LogP contribution in [0.1, 0.15) is 16.7 Å². The van der Waals surface area contributed by atoms with E-state index in [4.69, 9.17) is 18.6 Å². The van der Waals surface area contributed by atoms with Gasteiger partial charge in [-0.3, -0.25) is 4.79 Å². The molecule has 1 atom stereocenters. The van der Waals surface area contributed by atoms with Crippen LogP contribution in [0.2, 0.25) is 0 Å². The number of hydrogen-bond donors (Lipinski definition) is 0. The highest BCUT2D eigenvalue weighted by molar-refractivity contribution is 5.87. The Morgan fingerprint density at radius 2 is 1.67 bits per heavy atom. The molecule has 5 rings (SSSR count). The third-order valence-corrected chi connectivity index (χ3v) is 5.58. The smallest absolute Gasteiger partial charge is 0.356 e. The monoisotopic (exact) mass is 442 g/mol. The first-order valence-electron chi connectivity index (χ1n) is 10.7. The van der Waals surface area contributed by atoms with E-state index in [0.717, 1.165) is 16.7 Å². The van der Waals surface area contributed by atoms with Crippen LogP contribution in [-0.2, 0) is 4.79 Å². The van der Waals surface area contributed by atoms with Crippen LogP contribution in [0.5, 0.6) is 17.2 Å². The van der Waals surface area contributed by atoms with Gasteiger partial charge in [-0.05, 0) is 50.1 Å². The normalized spacial score (nSPS) is 14.8. The fourth-order valence-electron chi connectivity index (χ4n) is 3.96. The Kier molecular flexibility index (Phi) is 5.13. The molecule has 0 aliphatic carbocycles. The van der Waals surface area contributed by atoms with Crippen molar-refractivity contribution < 1.29 is 23.4 Å². The Morgan fingerprint density at radius 3 is 2.42 bits per heavy atom. The summed E-state index contributed by atoms with van der Waals surface area (Å²) in [5, 5.41) is 0.380. The zero-order chi connectivity index (χ0) is 23.1. The van der Waals surface area contributed by atoms with E-state index in [-0.39, 0.29) is 18.1 Å². The second-order valence-corrected chi connectivity index (χ2v) is 8.20. The minimum Gasteiger partial charge on any atom is -0.485 e. The maximum Gasteiger partial charge on any atom is 0.356 e. The van der Waals surface area contributed by atoms with Crippen molar-refractivity contribution in [2.75, 3.05) is 6.61 Å². The Bertz CT molecular complexity index is 1430. The average Bonchev–Trinajstić information content (AvgIpc) is 2.80. The fraction of sp³-hybridized carbons (Fsp3) is 0.185. The molecule has 1 aromatic heterocycles. The number of carbonyl (C=O) groups is 1. The molecule has 0 saturated carbocycles. The average molecular weight is 442 g/mol. The molecular formula is C27H22O6. The van der Waals surface area contributed by atoms with Gasteiger partial charge >= 0.3 is 5.97 Å². The van der Waals surface area contributed by atoms with Gasteiger partial charge in [-0.15, -0.1) is 0 Å². The first-order valence-corrected chi connectivity index (χ1v) is 10.7. The van der Waals surface area contributed by atoms with Crippen LogP contribution in [0.15, 0.2) is 69.9 Å². The quantitative estimate of drug-likeness (QED) is 0.410. The van der Waals surface area contributed by atoms with Crippen molar-refractivity contribution in [3.05, 3.63) is 87.6 Å². The predicted molar refractivity (Wildman–Crippen MR) is 124 cm³/mol. The van der Waals surface area contributed by atoms with E-state index in [1.165, 1.54) is 0 Å². The lowest BCUT2D eigenvalue weighted by Gasteiger charge is -2.25. The Hall–Kier alpha value is -4.06. The topological polar surface area (TPSA) is 75.0 Å². The van der Waals surface area contributed by atoms with E-state index in [2.05, 4.69) is 0 Å². The number of benzene rings is 3. The summed E-state index contributed by atoms with van der Waals surface area (Å²) < 4.78 is 23.2. The fourth-order valence-corrected chi connectivity index (χ4v) is 3.96. The zero-order valence-corrected chi connectivity index (χ0v) is 18.5. The number of carbonyl (C=O) groups excluding carboxylic acids is 1. The molecule has 1 aliphatic rings. The molecule has 0 amide bonds. The van der Waals surface area contributed by atoms with Gasteiger partial charge in [-0.25, -0.2) is 4.79 Å². The lowest BCUT2D eigenvalue weighted by molar-refractivity contribution is -0.144. The number of fused-ring (bicyclic) bond motifs is 2. The summed E-state index contributed by atoms with van der Waals surface area (Å²) in [6.07, 6.45) is -1.01. The number of ether oxygens (including phenoxy) is 3. The molecule has 166 valence electrons. The molecule has 0 spiro atoms. The molecule has 2 heterocycles. The third-order valence-electron chi connectivity index (χ3n) is 5.58. The van der Waals surface area contributed by atoms with E-state index < -0.39 is 17.5 Å². The molecule has 1 unspecified atom stereocenters. The number of aryl methyl sites for hydroxylation is 3. The van der Waals surface area contributed by atoms with Gasteiger partial charge < -0.3 is 18.6 Å². The van der Waals surface area contributed by atoms with Crippen molar-refractivity contribution >= 4 is 16.9 Å². The van der Waals surface area contributed by atoms with E-state index in [0.29, 0.717) is 28.0 Å². The molecule has 0 saturated heterocycles. The summed E-state index contributed by atoms with van der Waals surface area (Å²) >= 11 is 0. The molecule has 4 aromatic rings. The van der Waals surface area contributed by atoms with E-state index in [1.807, 2.05) is 63.2 Å². The minimum atomic E-state index is -1.01. The van der Waals surface area contributed by atoms with Gasteiger partial charge in [-0.2, -0.15) is 0 Å². The SMILES string of the molecule is Cc1ccc(-c2oc3cc(C)cc(C)c3c(=O)c2OC(=O)C2COc3ccccc3O2)cc1. The van der Waals surface area contributed by atoms with Crippen molar-refractivity contribution in [1.82, 2.24) is 0 Å². The van der Waals surface area contributed by atoms with Gasteiger partial charge in [0.05, 0.1) is 5.39 Å². The van der Waals surface area contributed by atoms with Gasteiger partial charge in [0.2, 0.25) is 17.3 Å². The Morgan fingerprint density at radius 1 is 0.939 bits per heavy atom. The van der Waals surface area contributed by atoms with Crippen LogP contribution in [0.25, 0.3) is 22.3 Å². The van der Waals surface area contributed by atoms with Gasteiger partial charge in [0, 0.05) is 5.56 Å². The predicted octanol–water partition coefficient (Wildman–Crippen LogP) is 5.13. The first-order chi connectivity index (χ1) is 15.9. The third kappa shape index (κ3) is 3.84. The maximum atomic E-state index is 13.5. The second-order valence-electron chi connectivity index (χ2n) is 8.20. The molecule has 0 fully saturated rings. The summed E-state index contributed by atoms with van der Waals surface area (Å²) in [5.41, 5.74) is 3.44. The van der Waals surface area contributed by atoms with E-state index >= 15 is 0 Å². The summed E-state index contributed by atoms with van der Waals surface area (Å²) in [6.45, 7) is 5.71. The molecule has 0 radical (unpaired) electrons. The lowest BCUT2D eigenvalue weighted by Crippen LogP contribution is -2.40. The summed E-state index contributed by atoms with van der Waals surface area (Å²) in [7, 11) is 0. The molecule has 0 bridgehead atoms. The van der Waals surface area contributed by atoms with Crippen molar-refractivity contribution in [3.8, 4) is 28.6 Å². The lowest BCUT2D eigenvalue weighted by atomic mass is 10.0. The van der Waals surface area contributed by atoms with Crippen molar-refractivity contribution in [3.63, 3.8) is 0 Å². The van der Waals surface area contributed by atoms with Crippen molar-refractivity contribution in [2.24, 2.45) is 0 Å². The molecule has 6 nitrogen and oxygen atoms in total. The highest BCUT2D eigenvalue weighted by Gasteiger charge is 2.31. The summed E-state index contributed by atoms with van der Waals surface area (Å²) in [6, 6.07) is 18.2. The molecular weight excluding hydrogens is 420 g/mol. The van der Waals surface area contributed by atoms with Gasteiger partial charge in [0.15, 0.2) is 17.3 Å². The number of para-hydroxylation sites is 2. The largest absolute Gasteiger partial charge is 0.485 e. The first kappa shape index (κ1) is 20.8. The molecule has 33 heavy (non-hydrogen) atoms. The second kappa shape index (κ2) is 8.13. The minimum absolute atomic E-state index is 0.0210.